The van der Waals surface area contributed by atoms with Gasteiger partial charge in [-0.1, -0.05) is 0 Å². The Kier molecular flexibility index (Phi) is 2.53. The molecule has 1 rings (SSSR count). The number of carbonyl (C=O) groups is 2. The van der Waals surface area contributed by atoms with Gasteiger partial charge < -0.3 is 10.8 Å². The number of hydrogen-bond acceptors (Lipinski definition) is 4. The first-order valence-corrected chi connectivity index (χ1v) is 3.43. The van der Waals surface area contributed by atoms with Crippen LogP contribution in [0.25, 0.3) is 0 Å². The Labute approximate surface area is 73.4 Å². The van der Waals surface area contributed by atoms with Crippen LogP contribution in [0.4, 0.5) is 0 Å². The van der Waals surface area contributed by atoms with Crippen molar-refractivity contribution in [2.75, 3.05) is 0 Å². The highest BCUT2D eigenvalue weighted by Gasteiger charge is 2.07. The van der Waals surface area contributed by atoms with Gasteiger partial charge in [0.2, 0.25) is 5.91 Å². The van der Waals surface area contributed by atoms with E-state index in [0.29, 0.717) is 0 Å². The van der Waals surface area contributed by atoms with E-state index < -0.39 is 11.9 Å². The van der Waals surface area contributed by atoms with Gasteiger partial charge in [0.15, 0.2) is 5.69 Å². The normalized spacial score (nSPS) is 9.54. The number of nitrogens with zero attached hydrogens (tertiary/aromatic N) is 2. The van der Waals surface area contributed by atoms with Crippen LogP contribution in [0.15, 0.2) is 12.3 Å². The zero-order valence-electron chi connectivity index (χ0n) is 6.60. The molecule has 0 atom stereocenters. The molecule has 13 heavy (non-hydrogen) atoms. The molecule has 0 aromatic carbocycles. The number of aromatic nitrogens is 2. The molecule has 0 saturated heterocycles. The summed E-state index contributed by atoms with van der Waals surface area (Å²) in [6.45, 7) is 0. The first-order chi connectivity index (χ1) is 6.09. The summed E-state index contributed by atoms with van der Waals surface area (Å²) in [5, 5.41) is 8.54. The number of amides is 1. The number of nitrogens with two attached hydrogens (primary N) is 1. The molecule has 1 amide bonds. The fraction of sp³-hybridized carbons (Fsp3) is 0.143. The lowest BCUT2D eigenvalue weighted by Crippen LogP contribution is -2.16. The highest BCUT2D eigenvalue weighted by molar-refractivity contribution is 5.85. The maximum absolute atomic E-state index is 10.4. The number of primary amides is 1. The van der Waals surface area contributed by atoms with E-state index in [2.05, 4.69) is 9.97 Å². The molecule has 0 radical (unpaired) electrons. The second-order valence-corrected chi connectivity index (χ2v) is 2.31. The third kappa shape index (κ3) is 2.51. The van der Waals surface area contributed by atoms with Crippen molar-refractivity contribution in [3.63, 3.8) is 0 Å². The van der Waals surface area contributed by atoms with E-state index in [-0.39, 0.29) is 17.9 Å². The number of rotatable bonds is 3. The molecule has 0 fully saturated rings. The van der Waals surface area contributed by atoms with Crippen molar-refractivity contribution < 1.29 is 14.7 Å². The number of carboxylic acid groups (broad SMARTS) is 1. The maximum atomic E-state index is 10.4. The van der Waals surface area contributed by atoms with Crippen molar-refractivity contribution in [3.05, 3.63) is 23.8 Å². The second kappa shape index (κ2) is 3.61. The van der Waals surface area contributed by atoms with E-state index in [1.807, 2.05) is 0 Å². The Balaban J connectivity index is 2.91. The molecule has 0 bridgehead atoms. The minimum atomic E-state index is -1.16. The van der Waals surface area contributed by atoms with Gasteiger partial charge in [-0.25, -0.2) is 14.8 Å². The number of aromatic carboxylic acids is 1. The van der Waals surface area contributed by atoms with Crippen LogP contribution in [0.1, 0.15) is 16.3 Å². The summed E-state index contributed by atoms with van der Waals surface area (Å²) in [6.07, 6.45) is 1.12. The molecular formula is C7H7N3O3. The lowest BCUT2D eigenvalue weighted by atomic mass is 10.3. The molecule has 0 aliphatic heterocycles. The van der Waals surface area contributed by atoms with Crippen LogP contribution < -0.4 is 5.73 Å². The van der Waals surface area contributed by atoms with Gasteiger partial charge in [-0.15, -0.1) is 0 Å². The highest BCUT2D eigenvalue weighted by Crippen LogP contribution is 1.95. The average molecular weight is 181 g/mol. The Hall–Kier alpha value is -1.98. The molecule has 1 aromatic rings. The summed E-state index contributed by atoms with van der Waals surface area (Å²) in [5.41, 5.74) is 4.74. The summed E-state index contributed by atoms with van der Waals surface area (Å²) in [5.74, 6) is -1.64. The van der Waals surface area contributed by atoms with E-state index in [9.17, 15) is 9.59 Å². The minimum absolute atomic E-state index is 0.118. The largest absolute Gasteiger partial charge is 0.477 e. The van der Waals surface area contributed by atoms with Gasteiger partial charge >= 0.3 is 5.97 Å². The van der Waals surface area contributed by atoms with Gasteiger partial charge in [0.05, 0.1) is 6.42 Å². The fourth-order valence-electron chi connectivity index (χ4n) is 0.759. The first kappa shape index (κ1) is 9.11. The predicted molar refractivity (Wildman–Crippen MR) is 41.9 cm³/mol. The van der Waals surface area contributed by atoms with Crippen molar-refractivity contribution in [1.82, 2.24) is 9.97 Å². The molecule has 1 heterocycles. The van der Waals surface area contributed by atoms with Crippen LogP contribution in [0.2, 0.25) is 0 Å². The van der Waals surface area contributed by atoms with E-state index in [4.69, 9.17) is 10.8 Å². The SMILES string of the molecule is NC(=O)Cc1nccc(C(=O)O)n1. The van der Waals surface area contributed by atoms with E-state index in [1.54, 1.807) is 0 Å². The summed E-state index contributed by atoms with van der Waals surface area (Å²) < 4.78 is 0. The van der Waals surface area contributed by atoms with Crippen LogP contribution in [0.3, 0.4) is 0 Å². The third-order valence-corrected chi connectivity index (χ3v) is 1.26. The smallest absolute Gasteiger partial charge is 0.354 e. The molecule has 0 aliphatic carbocycles. The zero-order valence-corrected chi connectivity index (χ0v) is 6.60. The highest BCUT2D eigenvalue weighted by atomic mass is 16.4. The zero-order chi connectivity index (χ0) is 9.84. The van der Waals surface area contributed by atoms with Crippen LogP contribution in [0, 0.1) is 0 Å². The third-order valence-electron chi connectivity index (χ3n) is 1.26. The van der Waals surface area contributed by atoms with Crippen molar-refractivity contribution >= 4 is 11.9 Å². The monoisotopic (exact) mass is 181 g/mol. The average Bonchev–Trinajstić information content (AvgIpc) is 2.03. The topological polar surface area (TPSA) is 106 Å². The van der Waals surface area contributed by atoms with Crippen LogP contribution in [-0.2, 0) is 11.2 Å². The van der Waals surface area contributed by atoms with E-state index >= 15 is 0 Å². The Morgan fingerprint density at radius 2 is 2.23 bits per heavy atom. The summed E-state index contributed by atoms with van der Waals surface area (Å²) in [7, 11) is 0. The van der Waals surface area contributed by atoms with Crippen LogP contribution in [0.5, 0.6) is 0 Å². The van der Waals surface area contributed by atoms with Gasteiger partial charge in [0.1, 0.15) is 5.82 Å². The van der Waals surface area contributed by atoms with Crippen LogP contribution >= 0.6 is 0 Å². The van der Waals surface area contributed by atoms with Gasteiger partial charge in [0.25, 0.3) is 0 Å². The lowest BCUT2D eigenvalue weighted by molar-refractivity contribution is -0.117. The number of carboxylic acids is 1. The van der Waals surface area contributed by atoms with E-state index in [1.165, 1.54) is 12.3 Å². The quantitative estimate of drug-likeness (QED) is 0.635. The second-order valence-electron chi connectivity index (χ2n) is 2.31. The molecule has 68 valence electrons. The summed E-state index contributed by atoms with van der Waals surface area (Å²) in [6, 6.07) is 1.24. The van der Waals surface area contributed by atoms with Gasteiger partial charge in [-0.3, -0.25) is 4.79 Å². The van der Waals surface area contributed by atoms with Crippen molar-refractivity contribution in [3.8, 4) is 0 Å². The Bertz CT molecular complexity index is 351. The van der Waals surface area contributed by atoms with Crippen LogP contribution in [-0.4, -0.2) is 27.0 Å². The fourth-order valence-corrected chi connectivity index (χ4v) is 0.759. The predicted octanol–water partition coefficient (Wildman–Crippen LogP) is -0.797. The summed E-state index contributed by atoms with van der Waals surface area (Å²) >= 11 is 0. The van der Waals surface area contributed by atoms with Gasteiger partial charge in [-0.2, -0.15) is 0 Å². The molecule has 3 N–H and O–H groups in total. The maximum Gasteiger partial charge on any atom is 0.354 e. The molecular weight excluding hydrogens is 174 g/mol. The van der Waals surface area contributed by atoms with E-state index in [0.717, 1.165) is 0 Å². The molecule has 0 spiro atoms. The molecule has 6 heteroatoms. The molecule has 0 saturated carbocycles. The lowest BCUT2D eigenvalue weighted by Gasteiger charge is -1.96. The van der Waals surface area contributed by atoms with Crippen molar-refractivity contribution in [2.24, 2.45) is 5.73 Å². The van der Waals surface area contributed by atoms with Gasteiger partial charge in [0, 0.05) is 6.20 Å². The molecule has 6 nitrogen and oxygen atoms in total. The Morgan fingerprint density at radius 3 is 2.77 bits per heavy atom. The Morgan fingerprint density at radius 1 is 1.54 bits per heavy atom. The standard InChI is InChI=1S/C7H7N3O3/c8-5(11)3-6-9-2-1-4(10-6)7(12)13/h1-2H,3H2,(H2,8,11)(H,12,13). The summed E-state index contributed by atoms with van der Waals surface area (Å²) in [4.78, 5) is 28.2. The molecule has 1 aromatic heterocycles. The van der Waals surface area contributed by atoms with Gasteiger partial charge in [-0.05, 0) is 6.07 Å². The molecule has 0 unspecified atom stereocenters. The molecule has 0 aliphatic rings. The van der Waals surface area contributed by atoms with Crippen molar-refractivity contribution in [2.45, 2.75) is 6.42 Å². The number of carbonyl (C=O) groups excluding carboxylic acids is 1. The minimum Gasteiger partial charge on any atom is -0.477 e. The number of hydrogen-bond donors (Lipinski definition) is 2. The van der Waals surface area contributed by atoms with Crippen molar-refractivity contribution in [1.29, 1.82) is 0 Å². The first-order valence-electron chi connectivity index (χ1n) is 3.43.